The van der Waals surface area contributed by atoms with E-state index in [9.17, 15) is 0 Å². The zero-order valence-corrected chi connectivity index (χ0v) is 17.2. The fourth-order valence-corrected chi connectivity index (χ4v) is 4.81. The summed E-state index contributed by atoms with van der Waals surface area (Å²) in [6, 6.07) is 12.2. The largest absolute Gasteiger partial charge is 0.363 e. The number of thiophene rings is 1. The minimum absolute atomic E-state index is 0.747. The predicted molar refractivity (Wildman–Crippen MR) is 114 cm³/mol. The summed E-state index contributed by atoms with van der Waals surface area (Å²) in [6.45, 7) is 2.32. The molecule has 1 aromatic carbocycles. The molecule has 0 bridgehead atoms. The number of hydrogen-bond acceptors (Lipinski definition) is 6. The maximum atomic E-state index is 5.93. The minimum atomic E-state index is 0.747. The molecule has 140 valence electrons. The Morgan fingerprint density at radius 1 is 1.11 bits per heavy atom. The minimum Gasteiger partial charge on any atom is -0.363 e. The molecular formula is C19H20ClN5S2. The van der Waals surface area contributed by atoms with Crippen LogP contribution in [-0.2, 0) is 5.75 Å². The van der Waals surface area contributed by atoms with E-state index in [2.05, 4.69) is 32.3 Å². The van der Waals surface area contributed by atoms with Gasteiger partial charge < -0.3 is 4.90 Å². The second-order valence-electron chi connectivity index (χ2n) is 6.34. The van der Waals surface area contributed by atoms with Crippen molar-refractivity contribution in [2.45, 2.75) is 30.2 Å². The molecule has 8 heteroatoms. The molecule has 1 aliphatic heterocycles. The molecule has 0 N–H and O–H groups in total. The van der Waals surface area contributed by atoms with Crippen LogP contribution in [0, 0.1) is 0 Å². The van der Waals surface area contributed by atoms with Crippen LogP contribution in [0.25, 0.3) is 0 Å². The Kier molecular flexibility index (Phi) is 6.11. The fourth-order valence-electron chi connectivity index (χ4n) is 2.94. The molecule has 0 unspecified atom stereocenters. The Bertz CT molecular complexity index is 897. The first-order valence-corrected chi connectivity index (χ1v) is 11.1. The summed E-state index contributed by atoms with van der Waals surface area (Å²) in [5.74, 6) is 0.795. The Labute approximate surface area is 172 Å². The van der Waals surface area contributed by atoms with Gasteiger partial charge in [0.25, 0.3) is 0 Å². The molecule has 3 heterocycles. The Balaban J connectivity index is 1.39. The van der Waals surface area contributed by atoms with Gasteiger partial charge in [-0.15, -0.1) is 21.5 Å². The maximum Gasteiger partial charge on any atom is 0.212 e. The summed E-state index contributed by atoms with van der Waals surface area (Å²) >= 11 is 9.32. The van der Waals surface area contributed by atoms with E-state index in [0.29, 0.717) is 0 Å². The van der Waals surface area contributed by atoms with Crippen molar-refractivity contribution in [3.8, 4) is 0 Å². The average molecular weight is 418 g/mol. The lowest BCUT2D eigenvalue weighted by atomic mass is 10.1. The lowest BCUT2D eigenvalue weighted by Crippen LogP contribution is -2.28. The van der Waals surface area contributed by atoms with E-state index in [1.54, 1.807) is 34.1 Å². The van der Waals surface area contributed by atoms with E-state index < -0.39 is 0 Å². The second kappa shape index (κ2) is 8.91. The first-order chi connectivity index (χ1) is 13.3. The van der Waals surface area contributed by atoms with Crippen LogP contribution in [0.5, 0.6) is 0 Å². The van der Waals surface area contributed by atoms with Crippen LogP contribution in [0.4, 0.5) is 5.00 Å². The monoisotopic (exact) mass is 417 g/mol. The smallest absolute Gasteiger partial charge is 0.212 e. The van der Waals surface area contributed by atoms with E-state index >= 15 is 0 Å². The van der Waals surface area contributed by atoms with Crippen molar-refractivity contribution in [3.05, 3.63) is 58.2 Å². The van der Waals surface area contributed by atoms with Crippen LogP contribution in [0.3, 0.4) is 0 Å². The number of piperidine rings is 1. The zero-order valence-electron chi connectivity index (χ0n) is 14.8. The lowest BCUT2D eigenvalue weighted by Gasteiger charge is -2.27. The highest BCUT2D eigenvalue weighted by Crippen LogP contribution is 2.28. The van der Waals surface area contributed by atoms with Gasteiger partial charge in [-0.25, -0.2) is 0 Å². The number of hydrogen-bond donors (Lipinski definition) is 0. The Morgan fingerprint density at radius 3 is 2.74 bits per heavy atom. The van der Waals surface area contributed by atoms with E-state index in [0.717, 1.165) is 33.9 Å². The summed E-state index contributed by atoms with van der Waals surface area (Å²) in [7, 11) is 0. The molecule has 5 nitrogen and oxygen atoms in total. The molecule has 27 heavy (non-hydrogen) atoms. The average Bonchev–Trinajstić information content (AvgIpc) is 3.36. The van der Waals surface area contributed by atoms with Gasteiger partial charge in [0.05, 0.1) is 11.2 Å². The van der Waals surface area contributed by atoms with Crippen LogP contribution >= 0.6 is 34.7 Å². The topological polar surface area (TPSA) is 46.3 Å². The Hall–Kier alpha value is -1.83. The molecule has 1 aliphatic rings. The highest BCUT2D eigenvalue weighted by Gasteiger charge is 2.12. The van der Waals surface area contributed by atoms with Gasteiger partial charge in [0.1, 0.15) is 6.33 Å². The molecule has 0 radical (unpaired) electrons. The van der Waals surface area contributed by atoms with Crippen molar-refractivity contribution in [1.29, 1.82) is 0 Å². The summed E-state index contributed by atoms with van der Waals surface area (Å²) in [5.41, 5.74) is 1.19. The van der Waals surface area contributed by atoms with E-state index in [4.69, 9.17) is 11.6 Å². The van der Waals surface area contributed by atoms with Crippen molar-refractivity contribution in [1.82, 2.24) is 14.9 Å². The molecule has 0 amide bonds. The number of aromatic nitrogens is 3. The van der Waals surface area contributed by atoms with Crippen LogP contribution in [0.1, 0.15) is 29.7 Å². The predicted octanol–water partition coefficient (Wildman–Crippen LogP) is 5.16. The number of nitrogens with zero attached hydrogens (tertiary/aromatic N) is 5. The third-order valence-electron chi connectivity index (χ3n) is 4.37. The number of rotatable bonds is 6. The first-order valence-electron chi connectivity index (χ1n) is 8.94. The maximum absolute atomic E-state index is 5.93. The lowest BCUT2D eigenvalue weighted by molar-refractivity contribution is 0.580. The molecule has 4 rings (SSSR count). The third kappa shape index (κ3) is 4.91. The highest BCUT2D eigenvalue weighted by atomic mass is 35.5. The molecule has 3 aromatic rings. The molecule has 2 aromatic heterocycles. The first kappa shape index (κ1) is 18.5. The number of benzene rings is 1. The standard InChI is InChI=1S/C19H20ClN5S2/c20-16-6-4-15(5-7-16)13-26-19-23-21-14-25(19)22-12-17-8-9-18(27-17)24-10-2-1-3-11-24/h4-9,12,14H,1-3,10-11,13H2/b22-12+. The van der Waals surface area contributed by atoms with Crippen LogP contribution < -0.4 is 4.90 Å². The summed E-state index contributed by atoms with van der Waals surface area (Å²) in [5, 5.41) is 15.6. The second-order valence-corrected chi connectivity index (χ2v) is 8.81. The molecule has 0 saturated carbocycles. The Morgan fingerprint density at radius 2 is 1.93 bits per heavy atom. The molecule has 0 aliphatic carbocycles. The molecule has 0 atom stereocenters. The number of halogens is 1. The summed E-state index contributed by atoms with van der Waals surface area (Å²) < 4.78 is 1.72. The molecule has 1 saturated heterocycles. The highest BCUT2D eigenvalue weighted by molar-refractivity contribution is 7.98. The molecular weight excluding hydrogens is 398 g/mol. The van der Waals surface area contributed by atoms with Crippen molar-refractivity contribution in [2.75, 3.05) is 18.0 Å². The van der Waals surface area contributed by atoms with Gasteiger partial charge in [-0.2, -0.15) is 9.78 Å². The van der Waals surface area contributed by atoms with Gasteiger partial charge in [-0.1, -0.05) is 35.5 Å². The van der Waals surface area contributed by atoms with Crippen LogP contribution in [0.15, 0.2) is 53.0 Å². The van der Waals surface area contributed by atoms with Gasteiger partial charge in [-0.3, -0.25) is 0 Å². The molecule has 1 fully saturated rings. The van der Waals surface area contributed by atoms with Gasteiger partial charge in [0, 0.05) is 28.7 Å². The molecule has 0 spiro atoms. The van der Waals surface area contributed by atoms with Crippen LogP contribution in [-0.4, -0.2) is 34.2 Å². The number of thioether (sulfide) groups is 1. The van der Waals surface area contributed by atoms with E-state index in [1.165, 1.54) is 29.8 Å². The zero-order chi connectivity index (χ0) is 18.5. The summed E-state index contributed by atoms with van der Waals surface area (Å²) in [4.78, 5) is 3.61. The van der Waals surface area contributed by atoms with Crippen molar-refractivity contribution in [2.24, 2.45) is 5.10 Å². The van der Waals surface area contributed by atoms with E-state index in [-0.39, 0.29) is 0 Å². The van der Waals surface area contributed by atoms with Crippen molar-refractivity contribution in [3.63, 3.8) is 0 Å². The third-order valence-corrected chi connectivity index (χ3v) is 6.71. The van der Waals surface area contributed by atoms with Gasteiger partial charge >= 0.3 is 0 Å². The van der Waals surface area contributed by atoms with Crippen LogP contribution in [0.2, 0.25) is 5.02 Å². The van der Waals surface area contributed by atoms with Gasteiger partial charge in [0.2, 0.25) is 5.16 Å². The summed E-state index contributed by atoms with van der Waals surface area (Å²) in [6.07, 6.45) is 7.44. The van der Waals surface area contributed by atoms with E-state index in [1.807, 2.05) is 30.5 Å². The number of anilines is 1. The SMILES string of the molecule is Clc1ccc(CSc2nncn2/N=C/c2ccc(N3CCCCC3)s2)cc1. The van der Waals surface area contributed by atoms with Crippen molar-refractivity contribution >= 4 is 45.9 Å². The quantitative estimate of drug-likeness (QED) is 0.410. The van der Waals surface area contributed by atoms with Gasteiger partial charge in [0.15, 0.2) is 0 Å². The fraction of sp³-hybridized carbons (Fsp3) is 0.316. The van der Waals surface area contributed by atoms with Gasteiger partial charge in [-0.05, 0) is 49.1 Å². The normalized spacial score (nSPS) is 14.9. The van der Waals surface area contributed by atoms with Crippen molar-refractivity contribution < 1.29 is 0 Å².